The maximum atomic E-state index is 14.6. The third-order valence-electron chi connectivity index (χ3n) is 4.50. The van der Waals surface area contributed by atoms with Gasteiger partial charge in [-0.25, -0.2) is 8.78 Å². The monoisotopic (exact) mass is 403 g/mol. The lowest BCUT2D eigenvalue weighted by atomic mass is 9.99. The van der Waals surface area contributed by atoms with Gasteiger partial charge in [-0.2, -0.15) is 4.99 Å². The lowest BCUT2D eigenvalue weighted by molar-refractivity contribution is 0.589. The Morgan fingerprint density at radius 3 is 2.07 bits per heavy atom. The molecule has 0 spiro atoms. The van der Waals surface area contributed by atoms with Crippen molar-refractivity contribution in [3.05, 3.63) is 89.0 Å². The second-order valence-corrected chi connectivity index (χ2v) is 6.80. The molecule has 0 heterocycles. The van der Waals surface area contributed by atoms with Crippen LogP contribution in [0, 0.1) is 23.5 Å². The zero-order valence-corrected chi connectivity index (χ0v) is 16.8. The van der Waals surface area contributed by atoms with Crippen LogP contribution in [-0.4, -0.2) is 5.16 Å². The predicted octanol–water partition coefficient (Wildman–Crippen LogP) is 7.11. The van der Waals surface area contributed by atoms with Crippen molar-refractivity contribution in [2.24, 2.45) is 4.99 Å². The van der Waals surface area contributed by atoms with E-state index in [4.69, 9.17) is 0 Å². The van der Waals surface area contributed by atoms with Gasteiger partial charge in [-0.15, -0.1) is 0 Å². The molecule has 0 N–H and O–H groups in total. The summed E-state index contributed by atoms with van der Waals surface area (Å²) in [5, 5.41) is 2.29. The number of rotatable bonds is 5. The Morgan fingerprint density at radius 1 is 0.862 bits per heavy atom. The topological polar surface area (TPSA) is 12.4 Å². The molecular weight excluding hydrogens is 384 g/mol. The second kappa shape index (κ2) is 9.89. The van der Waals surface area contributed by atoms with E-state index in [9.17, 15) is 8.78 Å². The van der Waals surface area contributed by atoms with Crippen molar-refractivity contribution in [3.8, 4) is 23.0 Å². The molecule has 0 aliphatic heterocycles. The third kappa shape index (κ3) is 5.45. The molecule has 1 nitrogen and oxygen atoms in total. The summed E-state index contributed by atoms with van der Waals surface area (Å²) >= 11 is 4.56. The normalized spacial score (nSPS) is 10.0. The van der Waals surface area contributed by atoms with Crippen LogP contribution in [0.3, 0.4) is 0 Å². The number of hydrogen-bond donors (Lipinski definition) is 0. The van der Waals surface area contributed by atoms with E-state index >= 15 is 0 Å². The fourth-order valence-corrected chi connectivity index (χ4v) is 3.06. The highest BCUT2D eigenvalue weighted by Gasteiger charge is 2.13. The molecule has 0 aliphatic carbocycles. The summed E-state index contributed by atoms with van der Waals surface area (Å²) in [6.45, 7) is 2.13. The average Bonchev–Trinajstić information content (AvgIpc) is 2.72. The fourth-order valence-electron chi connectivity index (χ4n) is 2.96. The molecule has 0 fully saturated rings. The van der Waals surface area contributed by atoms with Gasteiger partial charge in [0.2, 0.25) is 0 Å². The highest BCUT2D eigenvalue weighted by molar-refractivity contribution is 7.78. The van der Waals surface area contributed by atoms with Crippen LogP contribution in [0.15, 0.2) is 65.7 Å². The van der Waals surface area contributed by atoms with E-state index in [2.05, 4.69) is 41.1 Å². The zero-order valence-electron chi connectivity index (χ0n) is 16.0. The summed E-state index contributed by atoms with van der Waals surface area (Å²) < 4.78 is 29.3. The standard InChI is InChI=1S/C25H19F2NS/c1-2-3-4-18-7-11-21(12-8-18)25-23(26)15-20(16-24(25)27)6-5-19-9-13-22(14-10-19)28-17-29/h7-16H,2-4H2,1H3. The Balaban J connectivity index is 1.83. The zero-order chi connectivity index (χ0) is 20.6. The number of unbranched alkanes of at least 4 members (excludes halogenated alkanes) is 1. The van der Waals surface area contributed by atoms with Crippen LogP contribution in [-0.2, 0) is 6.42 Å². The van der Waals surface area contributed by atoms with Crippen molar-refractivity contribution < 1.29 is 8.78 Å². The Kier molecular flexibility index (Phi) is 7.03. The highest BCUT2D eigenvalue weighted by Crippen LogP contribution is 2.27. The van der Waals surface area contributed by atoms with E-state index in [1.165, 1.54) is 17.7 Å². The minimum atomic E-state index is -0.624. The van der Waals surface area contributed by atoms with Gasteiger partial charge in [-0.1, -0.05) is 49.5 Å². The summed E-state index contributed by atoms with van der Waals surface area (Å²) in [5.74, 6) is 4.46. The van der Waals surface area contributed by atoms with E-state index in [0.717, 1.165) is 19.3 Å². The third-order valence-corrected chi connectivity index (χ3v) is 4.59. The summed E-state index contributed by atoms with van der Waals surface area (Å²) in [7, 11) is 0. The minimum Gasteiger partial charge on any atom is -0.206 e. The van der Waals surface area contributed by atoms with Gasteiger partial charge in [0.05, 0.1) is 16.4 Å². The van der Waals surface area contributed by atoms with Crippen LogP contribution in [0.1, 0.15) is 36.5 Å². The van der Waals surface area contributed by atoms with Gasteiger partial charge < -0.3 is 0 Å². The summed E-state index contributed by atoms with van der Waals surface area (Å²) in [6, 6.07) is 16.9. The number of aryl methyl sites for hydroxylation is 1. The van der Waals surface area contributed by atoms with Crippen molar-refractivity contribution in [3.63, 3.8) is 0 Å². The number of halogens is 2. The molecule has 4 heteroatoms. The molecule has 3 aromatic carbocycles. The molecule has 0 aliphatic rings. The van der Waals surface area contributed by atoms with Crippen molar-refractivity contribution in [2.45, 2.75) is 26.2 Å². The Bertz CT molecular complexity index is 1080. The van der Waals surface area contributed by atoms with Crippen LogP contribution in [0.4, 0.5) is 14.5 Å². The molecule has 144 valence electrons. The molecule has 0 saturated heterocycles. The van der Waals surface area contributed by atoms with Gasteiger partial charge >= 0.3 is 0 Å². The van der Waals surface area contributed by atoms with Gasteiger partial charge in [0.15, 0.2) is 0 Å². The maximum Gasteiger partial charge on any atom is 0.135 e. The molecule has 0 amide bonds. The van der Waals surface area contributed by atoms with Gasteiger partial charge in [0.25, 0.3) is 0 Å². The molecule has 0 atom stereocenters. The second-order valence-electron chi connectivity index (χ2n) is 6.62. The molecule has 0 unspecified atom stereocenters. The lowest BCUT2D eigenvalue weighted by Crippen LogP contribution is -1.93. The Labute approximate surface area is 175 Å². The molecule has 3 aromatic rings. The van der Waals surface area contributed by atoms with E-state index in [1.54, 1.807) is 36.4 Å². The maximum absolute atomic E-state index is 14.6. The largest absolute Gasteiger partial charge is 0.206 e. The van der Waals surface area contributed by atoms with Gasteiger partial charge in [-0.3, -0.25) is 0 Å². The number of thiocarbonyl (C=S) groups is 1. The molecule has 0 radical (unpaired) electrons. The minimum absolute atomic E-state index is 0.0278. The molecular formula is C25H19F2NS. The van der Waals surface area contributed by atoms with Crippen molar-refractivity contribution in [1.29, 1.82) is 0 Å². The molecule has 29 heavy (non-hydrogen) atoms. The van der Waals surface area contributed by atoms with E-state index in [-0.39, 0.29) is 11.1 Å². The SMILES string of the molecule is CCCCc1ccc(-c2c(F)cc(C#Cc3ccc(N=C=S)cc3)cc2F)cc1. The van der Waals surface area contributed by atoms with Crippen LogP contribution in [0.5, 0.6) is 0 Å². The summed E-state index contributed by atoms with van der Waals surface area (Å²) in [6.07, 6.45) is 3.17. The van der Waals surface area contributed by atoms with Crippen LogP contribution in [0.2, 0.25) is 0 Å². The number of hydrogen-bond acceptors (Lipinski definition) is 2. The van der Waals surface area contributed by atoms with Crippen LogP contribution in [0.25, 0.3) is 11.1 Å². The van der Waals surface area contributed by atoms with E-state index in [1.807, 2.05) is 12.1 Å². The molecule has 0 aromatic heterocycles. The molecule has 0 bridgehead atoms. The fraction of sp³-hybridized carbons (Fsp3) is 0.160. The van der Waals surface area contributed by atoms with Gasteiger partial charge in [0.1, 0.15) is 11.6 Å². The quantitative estimate of drug-likeness (QED) is 0.251. The van der Waals surface area contributed by atoms with Crippen LogP contribution < -0.4 is 0 Å². The Hall–Kier alpha value is -3.12. The predicted molar refractivity (Wildman–Crippen MR) is 118 cm³/mol. The number of isothiocyanates is 1. The first-order valence-corrected chi connectivity index (χ1v) is 9.80. The summed E-state index contributed by atoms with van der Waals surface area (Å²) in [5.41, 5.74) is 3.33. The first-order chi connectivity index (χ1) is 14.1. The van der Waals surface area contributed by atoms with Gasteiger partial charge in [0, 0.05) is 11.1 Å². The number of aliphatic imine (C=N–C) groups is 1. The lowest BCUT2D eigenvalue weighted by Gasteiger charge is -2.08. The van der Waals surface area contributed by atoms with E-state index in [0.29, 0.717) is 16.8 Å². The van der Waals surface area contributed by atoms with Gasteiger partial charge in [-0.05, 0) is 72.6 Å². The molecule has 0 saturated carbocycles. The smallest absolute Gasteiger partial charge is 0.135 e. The highest BCUT2D eigenvalue weighted by atomic mass is 32.1. The first kappa shape index (κ1) is 20.6. The van der Waals surface area contributed by atoms with Crippen molar-refractivity contribution >= 4 is 23.1 Å². The first-order valence-electron chi connectivity index (χ1n) is 9.39. The van der Waals surface area contributed by atoms with Crippen LogP contribution >= 0.6 is 12.2 Å². The summed E-state index contributed by atoms with van der Waals surface area (Å²) in [4.78, 5) is 3.87. The van der Waals surface area contributed by atoms with E-state index < -0.39 is 11.6 Å². The molecule has 3 rings (SSSR count). The average molecular weight is 403 g/mol. The Morgan fingerprint density at radius 2 is 1.48 bits per heavy atom. The number of benzene rings is 3. The van der Waals surface area contributed by atoms with Crippen molar-refractivity contribution in [1.82, 2.24) is 0 Å². The number of nitrogens with zero attached hydrogens (tertiary/aromatic N) is 1. The van der Waals surface area contributed by atoms with Crippen molar-refractivity contribution in [2.75, 3.05) is 0 Å².